The van der Waals surface area contributed by atoms with Gasteiger partial charge in [0.15, 0.2) is 9.84 Å². The minimum Gasteiger partial charge on any atom is -0.398 e. The lowest BCUT2D eigenvalue weighted by molar-refractivity contribution is -0.118. The number of sulfone groups is 1. The van der Waals surface area contributed by atoms with E-state index in [4.69, 9.17) is 5.73 Å². The molecule has 5 heteroatoms. The van der Waals surface area contributed by atoms with Gasteiger partial charge in [0.05, 0.1) is 16.3 Å². The van der Waals surface area contributed by atoms with Crippen molar-refractivity contribution in [1.82, 2.24) is 0 Å². The van der Waals surface area contributed by atoms with E-state index in [1.807, 2.05) is 13.8 Å². The van der Waals surface area contributed by atoms with Crippen LogP contribution in [-0.2, 0) is 14.6 Å². The number of benzene rings is 1. The van der Waals surface area contributed by atoms with E-state index in [1.165, 1.54) is 0 Å². The van der Waals surface area contributed by atoms with Crippen LogP contribution in [0.3, 0.4) is 0 Å². The molecule has 112 valence electrons. The molecule has 0 heterocycles. The highest BCUT2D eigenvalue weighted by Crippen LogP contribution is 2.21. The zero-order chi connectivity index (χ0) is 15.2. The largest absolute Gasteiger partial charge is 0.398 e. The van der Waals surface area contributed by atoms with Crippen molar-refractivity contribution in [2.24, 2.45) is 0 Å². The topological polar surface area (TPSA) is 77.2 Å². The second-order valence-corrected chi connectivity index (χ2v) is 7.14. The van der Waals surface area contributed by atoms with Gasteiger partial charge in [0.25, 0.3) is 0 Å². The third-order valence-corrected chi connectivity index (χ3v) is 5.13. The summed E-state index contributed by atoms with van der Waals surface area (Å²) in [6.45, 7) is 3.71. The fourth-order valence-electron chi connectivity index (χ4n) is 2.03. The molecule has 0 saturated heterocycles. The molecule has 0 unspecified atom stereocenters. The minimum atomic E-state index is -3.32. The number of unbranched alkanes of at least 4 members (excludes halogenated alkanes) is 2. The molecule has 0 aliphatic carbocycles. The van der Waals surface area contributed by atoms with Crippen LogP contribution in [0.1, 0.15) is 44.6 Å². The maximum absolute atomic E-state index is 12.2. The first kappa shape index (κ1) is 16.7. The van der Waals surface area contributed by atoms with Gasteiger partial charge < -0.3 is 5.73 Å². The standard InChI is InChI=1S/C15H23NO3S/c1-3-13(17)7-5-4-6-10-20(18,19)15-9-8-12(2)11-14(15)16/h8-9,11H,3-7,10,16H2,1-2H3. The summed E-state index contributed by atoms with van der Waals surface area (Å²) in [4.78, 5) is 11.4. The average molecular weight is 297 g/mol. The van der Waals surface area contributed by atoms with E-state index in [0.717, 1.165) is 18.4 Å². The molecule has 0 aromatic heterocycles. The van der Waals surface area contributed by atoms with Gasteiger partial charge in [-0.3, -0.25) is 4.79 Å². The molecule has 0 fully saturated rings. The molecule has 1 aromatic rings. The van der Waals surface area contributed by atoms with Gasteiger partial charge in [-0.2, -0.15) is 0 Å². The monoisotopic (exact) mass is 297 g/mol. The van der Waals surface area contributed by atoms with Crippen LogP contribution in [0, 0.1) is 6.92 Å². The Morgan fingerprint density at radius 2 is 1.90 bits per heavy atom. The zero-order valence-corrected chi connectivity index (χ0v) is 13.0. The Hall–Kier alpha value is -1.36. The molecule has 2 N–H and O–H groups in total. The van der Waals surface area contributed by atoms with E-state index < -0.39 is 9.84 Å². The number of hydrogen-bond acceptors (Lipinski definition) is 4. The lowest BCUT2D eigenvalue weighted by Gasteiger charge is -2.08. The van der Waals surface area contributed by atoms with Crippen molar-refractivity contribution < 1.29 is 13.2 Å². The van der Waals surface area contributed by atoms with Gasteiger partial charge in [-0.15, -0.1) is 0 Å². The highest BCUT2D eigenvalue weighted by molar-refractivity contribution is 7.91. The van der Waals surface area contributed by atoms with Gasteiger partial charge >= 0.3 is 0 Å². The van der Waals surface area contributed by atoms with E-state index in [-0.39, 0.29) is 16.4 Å². The first-order valence-corrected chi connectivity index (χ1v) is 8.62. The summed E-state index contributed by atoms with van der Waals surface area (Å²) in [5.74, 6) is 0.316. The van der Waals surface area contributed by atoms with Gasteiger partial charge in [0.1, 0.15) is 5.78 Å². The number of carbonyl (C=O) groups excluding carboxylic acids is 1. The first-order valence-electron chi connectivity index (χ1n) is 6.97. The van der Waals surface area contributed by atoms with Crippen LogP contribution in [0.25, 0.3) is 0 Å². The number of Topliss-reactive ketones (excluding diaryl/α,β-unsaturated/α-hetero) is 1. The van der Waals surface area contributed by atoms with Crippen molar-refractivity contribution >= 4 is 21.3 Å². The van der Waals surface area contributed by atoms with E-state index in [2.05, 4.69) is 0 Å². The van der Waals surface area contributed by atoms with E-state index in [0.29, 0.717) is 24.9 Å². The summed E-state index contributed by atoms with van der Waals surface area (Å²) >= 11 is 0. The van der Waals surface area contributed by atoms with E-state index in [1.54, 1.807) is 18.2 Å². The Bertz CT molecular complexity index is 564. The van der Waals surface area contributed by atoms with Crippen LogP contribution in [0.4, 0.5) is 5.69 Å². The molecule has 0 aliphatic heterocycles. The molecule has 0 saturated carbocycles. The predicted octanol–water partition coefficient (Wildman–Crippen LogP) is 2.89. The molecular weight excluding hydrogens is 274 g/mol. The number of hydrogen-bond donors (Lipinski definition) is 1. The summed E-state index contributed by atoms with van der Waals surface area (Å²) in [6, 6.07) is 5.00. The van der Waals surface area contributed by atoms with Crippen molar-refractivity contribution in [3.05, 3.63) is 23.8 Å². The highest BCUT2D eigenvalue weighted by atomic mass is 32.2. The summed E-state index contributed by atoms with van der Waals surface area (Å²) in [5.41, 5.74) is 7.03. The fourth-order valence-corrected chi connectivity index (χ4v) is 3.53. The maximum Gasteiger partial charge on any atom is 0.180 e. The Morgan fingerprint density at radius 1 is 1.20 bits per heavy atom. The molecule has 20 heavy (non-hydrogen) atoms. The Labute approximate surface area is 121 Å². The molecular formula is C15H23NO3S. The second kappa shape index (κ2) is 7.43. The molecule has 0 bridgehead atoms. The van der Waals surface area contributed by atoms with Crippen molar-refractivity contribution in [2.45, 2.75) is 50.8 Å². The second-order valence-electron chi connectivity index (χ2n) is 5.06. The predicted molar refractivity (Wildman–Crippen MR) is 81.4 cm³/mol. The Morgan fingerprint density at radius 3 is 2.50 bits per heavy atom. The molecule has 0 spiro atoms. The van der Waals surface area contributed by atoms with Crippen LogP contribution in [0.15, 0.2) is 23.1 Å². The number of nitrogen functional groups attached to an aromatic ring is 1. The number of anilines is 1. The lowest BCUT2D eigenvalue weighted by atomic mass is 10.1. The minimum absolute atomic E-state index is 0.0839. The molecule has 0 amide bonds. The van der Waals surface area contributed by atoms with Gasteiger partial charge in [0.2, 0.25) is 0 Å². The van der Waals surface area contributed by atoms with Crippen molar-refractivity contribution in [2.75, 3.05) is 11.5 Å². The van der Waals surface area contributed by atoms with Crippen molar-refractivity contribution in [3.63, 3.8) is 0 Å². The van der Waals surface area contributed by atoms with Gasteiger partial charge in [-0.25, -0.2) is 8.42 Å². The van der Waals surface area contributed by atoms with E-state index >= 15 is 0 Å². The number of ketones is 1. The van der Waals surface area contributed by atoms with Crippen LogP contribution in [-0.4, -0.2) is 20.0 Å². The SMILES string of the molecule is CCC(=O)CCCCCS(=O)(=O)c1ccc(C)cc1N. The Kier molecular flexibility index (Phi) is 6.20. The average Bonchev–Trinajstić information content (AvgIpc) is 2.37. The summed E-state index contributed by atoms with van der Waals surface area (Å²) in [7, 11) is -3.32. The number of aryl methyl sites for hydroxylation is 1. The van der Waals surface area contributed by atoms with E-state index in [9.17, 15) is 13.2 Å². The van der Waals surface area contributed by atoms with Crippen LogP contribution in [0.2, 0.25) is 0 Å². The molecule has 1 aromatic carbocycles. The molecule has 1 rings (SSSR count). The molecule has 0 atom stereocenters. The van der Waals surface area contributed by atoms with Crippen LogP contribution < -0.4 is 5.73 Å². The third-order valence-electron chi connectivity index (χ3n) is 3.26. The fraction of sp³-hybridized carbons (Fsp3) is 0.533. The smallest absolute Gasteiger partial charge is 0.180 e. The molecule has 4 nitrogen and oxygen atoms in total. The normalized spacial score (nSPS) is 11.5. The third kappa shape index (κ3) is 4.96. The van der Waals surface area contributed by atoms with Crippen molar-refractivity contribution in [1.29, 1.82) is 0 Å². The maximum atomic E-state index is 12.2. The zero-order valence-electron chi connectivity index (χ0n) is 12.2. The van der Waals surface area contributed by atoms with Crippen molar-refractivity contribution in [3.8, 4) is 0 Å². The first-order chi connectivity index (χ1) is 9.36. The summed E-state index contributed by atoms with van der Waals surface area (Å²) in [6.07, 6.45) is 3.16. The number of rotatable bonds is 8. The number of nitrogens with two attached hydrogens (primary N) is 1. The molecule has 0 radical (unpaired) electrons. The number of carbonyl (C=O) groups is 1. The highest BCUT2D eigenvalue weighted by Gasteiger charge is 2.17. The Balaban J connectivity index is 2.52. The summed E-state index contributed by atoms with van der Waals surface area (Å²) < 4.78 is 24.3. The van der Waals surface area contributed by atoms with Crippen LogP contribution >= 0.6 is 0 Å². The summed E-state index contributed by atoms with van der Waals surface area (Å²) in [5, 5.41) is 0. The van der Waals surface area contributed by atoms with Crippen LogP contribution in [0.5, 0.6) is 0 Å². The quantitative estimate of drug-likeness (QED) is 0.591. The molecule has 0 aliphatic rings. The lowest BCUT2D eigenvalue weighted by Crippen LogP contribution is -2.10. The van der Waals surface area contributed by atoms with Gasteiger partial charge in [-0.05, 0) is 37.5 Å². The van der Waals surface area contributed by atoms with Gasteiger partial charge in [-0.1, -0.05) is 19.4 Å². The van der Waals surface area contributed by atoms with Gasteiger partial charge in [0, 0.05) is 12.8 Å².